The Morgan fingerprint density at radius 1 is 1.26 bits per heavy atom. The summed E-state index contributed by atoms with van der Waals surface area (Å²) >= 11 is 1.46. The van der Waals surface area contributed by atoms with Crippen molar-refractivity contribution < 1.29 is 9.18 Å². The van der Waals surface area contributed by atoms with Gasteiger partial charge in [-0.15, -0.1) is 36.2 Å². The van der Waals surface area contributed by atoms with Gasteiger partial charge in [0.1, 0.15) is 10.7 Å². The minimum Gasteiger partial charge on any atom is -0.338 e. The number of piperidine rings is 1. The van der Waals surface area contributed by atoms with Crippen molar-refractivity contribution in [2.75, 3.05) is 26.7 Å². The Morgan fingerprint density at radius 2 is 1.89 bits per heavy atom. The number of carbonyl (C=O) groups excluding carboxylic acids is 1. The first-order chi connectivity index (χ1) is 12.1. The van der Waals surface area contributed by atoms with E-state index in [-0.39, 0.29) is 36.5 Å². The molecule has 27 heavy (non-hydrogen) atoms. The van der Waals surface area contributed by atoms with E-state index in [2.05, 4.69) is 10.3 Å². The van der Waals surface area contributed by atoms with E-state index in [0.717, 1.165) is 53.6 Å². The molecule has 0 unspecified atom stereocenters. The number of amides is 1. The molecule has 3 rings (SSSR count). The van der Waals surface area contributed by atoms with Gasteiger partial charge < -0.3 is 10.2 Å². The second-order valence-corrected chi connectivity index (χ2v) is 7.70. The van der Waals surface area contributed by atoms with Crippen LogP contribution in [0, 0.1) is 18.7 Å². The fourth-order valence-corrected chi connectivity index (χ4v) is 4.34. The van der Waals surface area contributed by atoms with E-state index in [1.54, 1.807) is 12.1 Å². The summed E-state index contributed by atoms with van der Waals surface area (Å²) in [6.07, 6.45) is 2.73. The fourth-order valence-electron chi connectivity index (χ4n) is 3.28. The normalized spacial score (nSPS) is 14.4. The van der Waals surface area contributed by atoms with Crippen molar-refractivity contribution in [3.63, 3.8) is 0 Å². The molecule has 4 nitrogen and oxygen atoms in total. The molecule has 1 aromatic carbocycles. The molecule has 1 aliphatic heterocycles. The third-order valence-electron chi connectivity index (χ3n) is 4.70. The highest BCUT2D eigenvalue weighted by molar-refractivity contribution is 7.13. The van der Waals surface area contributed by atoms with Crippen LogP contribution in [0.1, 0.15) is 38.8 Å². The number of hydrogen-bond acceptors (Lipinski definition) is 4. The third kappa shape index (κ3) is 6.14. The highest BCUT2D eigenvalue weighted by Crippen LogP contribution is 2.25. The van der Waals surface area contributed by atoms with E-state index >= 15 is 0 Å². The van der Waals surface area contributed by atoms with Gasteiger partial charge in [-0.1, -0.05) is 12.1 Å². The van der Waals surface area contributed by atoms with Gasteiger partial charge in [-0.25, -0.2) is 9.37 Å². The Balaban J connectivity index is 0.00000182. The van der Waals surface area contributed by atoms with E-state index in [0.29, 0.717) is 12.3 Å². The molecule has 0 aliphatic carbocycles. The summed E-state index contributed by atoms with van der Waals surface area (Å²) in [5, 5.41) is 4.12. The van der Waals surface area contributed by atoms with Gasteiger partial charge >= 0.3 is 0 Å². The van der Waals surface area contributed by atoms with E-state index < -0.39 is 0 Å². The molecule has 1 N–H and O–H groups in total. The quantitative estimate of drug-likeness (QED) is 0.771. The molecule has 1 fully saturated rings. The highest BCUT2D eigenvalue weighted by Gasteiger charge is 2.26. The molecule has 1 aliphatic rings. The molecule has 0 saturated carbocycles. The number of benzene rings is 1. The maximum Gasteiger partial charge on any atom is 0.265 e. The Bertz CT molecular complexity index is 731. The Kier molecular flexibility index (Phi) is 9.67. The lowest BCUT2D eigenvalue weighted by Crippen LogP contribution is -2.40. The first kappa shape index (κ1) is 23.8. The van der Waals surface area contributed by atoms with Crippen LogP contribution in [0.4, 0.5) is 4.39 Å². The van der Waals surface area contributed by atoms with Crippen molar-refractivity contribution in [3.8, 4) is 0 Å². The van der Waals surface area contributed by atoms with Crippen molar-refractivity contribution in [3.05, 3.63) is 51.2 Å². The number of thiazole rings is 1. The smallest absolute Gasteiger partial charge is 0.265 e. The molecular weight excluding hydrogens is 408 g/mol. The van der Waals surface area contributed by atoms with Crippen LogP contribution in [0.15, 0.2) is 24.3 Å². The van der Waals surface area contributed by atoms with Crippen molar-refractivity contribution in [1.82, 2.24) is 15.2 Å². The van der Waals surface area contributed by atoms with Gasteiger partial charge in [-0.05, 0) is 57.0 Å². The van der Waals surface area contributed by atoms with Crippen LogP contribution in [0.5, 0.6) is 0 Å². The van der Waals surface area contributed by atoms with Gasteiger partial charge in [-0.2, -0.15) is 0 Å². The maximum absolute atomic E-state index is 13.0. The van der Waals surface area contributed by atoms with Crippen LogP contribution < -0.4 is 5.32 Å². The van der Waals surface area contributed by atoms with Crippen LogP contribution in [-0.4, -0.2) is 42.5 Å². The van der Waals surface area contributed by atoms with Crippen LogP contribution >= 0.6 is 36.2 Å². The largest absolute Gasteiger partial charge is 0.338 e. The molecule has 8 heteroatoms. The zero-order chi connectivity index (χ0) is 17.8. The molecule has 0 atom stereocenters. The molecule has 1 aromatic heterocycles. The van der Waals surface area contributed by atoms with Crippen LogP contribution in [0.25, 0.3) is 0 Å². The Hall–Kier alpha value is -1.21. The predicted octanol–water partition coefficient (Wildman–Crippen LogP) is 4.10. The molecule has 1 saturated heterocycles. The second-order valence-electron chi connectivity index (χ2n) is 6.62. The number of halogens is 3. The molecule has 0 radical (unpaired) electrons. The minimum absolute atomic E-state index is 0. The molecule has 2 heterocycles. The van der Waals surface area contributed by atoms with Gasteiger partial charge in [-0.3, -0.25) is 4.79 Å². The number of aromatic nitrogens is 1. The van der Waals surface area contributed by atoms with Crippen molar-refractivity contribution in [2.24, 2.45) is 5.92 Å². The zero-order valence-corrected chi connectivity index (χ0v) is 18.0. The maximum atomic E-state index is 13.0. The van der Waals surface area contributed by atoms with E-state index in [1.165, 1.54) is 23.5 Å². The lowest BCUT2D eigenvalue weighted by molar-refractivity contribution is 0.0695. The van der Waals surface area contributed by atoms with E-state index in [1.807, 2.05) is 18.9 Å². The zero-order valence-electron chi connectivity index (χ0n) is 15.5. The number of carbonyl (C=O) groups is 1. The summed E-state index contributed by atoms with van der Waals surface area (Å²) in [7, 11) is 1.97. The molecule has 150 valence electrons. The van der Waals surface area contributed by atoms with Gasteiger partial charge in [0.15, 0.2) is 0 Å². The number of nitrogens with one attached hydrogen (secondary N) is 1. The van der Waals surface area contributed by atoms with Gasteiger partial charge in [0.2, 0.25) is 0 Å². The monoisotopic (exact) mass is 433 g/mol. The van der Waals surface area contributed by atoms with E-state index in [4.69, 9.17) is 0 Å². The predicted molar refractivity (Wildman–Crippen MR) is 113 cm³/mol. The minimum atomic E-state index is -0.239. The molecule has 2 aromatic rings. The Morgan fingerprint density at radius 3 is 2.48 bits per heavy atom. The molecule has 0 bridgehead atoms. The number of rotatable bonds is 5. The first-order valence-electron chi connectivity index (χ1n) is 8.71. The van der Waals surface area contributed by atoms with Crippen molar-refractivity contribution in [1.29, 1.82) is 0 Å². The highest BCUT2D eigenvalue weighted by atomic mass is 35.5. The van der Waals surface area contributed by atoms with Crippen LogP contribution in [-0.2, 0) is 6.42 Å². The number of nitrogens with zero attached hydrogens (tertiary/aromatic N) is 2. The fraction of sp³-hybridized carbons (Fsp3) is 0.474. The number of likely N-dealkylation sites (tertiary alicyclic amines) is 1. The first-order valence-corrected chi connectivity index (χ1v) is 9.53. The average Bonchev–Trinajstić information content (AvgIpc) is 2.97. The molecular formula is C19H26Cl2FN3OS. The average molecular weight is 434 g/mol. The Labute approximate surface area is 176 Å². The van der Waals surface area contributed by atoms with Crippen molar-refractivity contribution >= 4 is 42.1 Å². The molecule has 0 spiro atoms. The SMILES string of the molecule is CNCC1CCN(C(=O)c2sc(Cc3ccc(F)cc3)nc2C)CC1.Cl.Cl. The lowest BCUT2D eigenvalue weighted by atomic mass is 9.97. The third-order valence-corrected chi connectivity index (χ3v) is 5.84. The van der Waals surface area contributed by atoms with Gasteiger partial charge in [0.05, 0.1) is 10.7 Å². The summed E-state index contributed by atoms with van der Waals surface area (Å²) in [6.45, 7) is 4.54. The summed E-state index contributed by atoms with van der Waals surface area (Å²) < 4.78 is 13.0. The summed E-state index contributed by atoms with van der Waals surface area (Å²) in [4.78, 5) is 20.1. The standard InChI is InChI=1S/C19H24FN3OS.2ClH/c1-13-18(19(24)23-9-7-15(8-10-23)12-21-2)25-17(22-13)11-14-3-5-16(20)6-4-14;;/h3-6,15,21H,7-12H2,1-2H3;2*1H. The van der Waals surface area contributed by atoms with Crippen LogP contribution in [0.3, 0.4) is 0 Å². The van der Waals surface area contributed by atoms with Crippen molar-refractivity contribution in [2.45, 2.75) is 26.2 Å². The summed E-state index contributed by atoms with van der Waals surface area (Å²) in [5.74, 6) is 0.519. The number of aryl methyl sites for hydroxylation is 1. The topological polar surface area (TPSA) is 45.2 Å². The van der Waals surface area contributed by atoms with E-state index in [9.17, 15) is 9.18 Å². The lowest BCUT2D eigenvalue weighted by Gasteiger charge is -2.31. The summed E-state index contributed by atoms with van der Waals surface area (Å²) in [5.41, 5.74) is 1.80. The van der Waals surface area contributed by atoms with Gasteiger partial charge in [0, 0.05) is 19.5 Å². The van der Waals surface area contributed by atoms with Crippen LogP contribution in [0.2, 0.25) is 0 Å². The number of hydrogen-bond donors (Lipinski definition) is 1. The molecule has 1 amide bonds. The second kappa shape index (κ2) is 11.0. The van der Waals surface area contributed by atoms with Gasteiger partial charge in [0.25, 0.3) is 5.91 Å². The summed E-state index contributed by atoms with van der Waals surface area (Å²) in [6, 6.07) is 6.44.